The summed E-state index contributed by atoms with van der Waals surface area (Å²) in [5, 5.41) is 0. The van der Waals surface area contributed by atoms with Gasteiger partial charge in [0, 0.05) is 7.11 Å². The van der Waals surface area contributed by atoms with Gasteiger partial charge in [-0.1, -0.05) is 13.0 Å². The average molecular weight is 290 g/mol. The summed E-state index contributed by atoms with van der Waals surface area (Å²) in [4.78, 5) is 13.1. The number of benzene rings is 1. The maximum Gasteiger partial charge on any atom is 0.198 e. The minimum absolute atomic E-state index is 0.0665. The zero-order valence-corrected chi connectivity index (χ0v) is 13.8. The van der Waals surface area contributed by atoms with Gasteiger partial charge in [-0.3, -0.25) is 4.79 Å². The Hall–Kier alpha value is -1.35. The Morgan fingerprint density at radius 2 is 1.81 bits per heavy atom. The molecule has 1 aliphatic carbocycles. The fourth-order valence-electron chi connectivity index (χ4n) is 3.23. The van der Waals surface area contributed by atoms with Crippen molar-refractivity contribution in [2.45, 2.75) is 52.1 Å². The van der Waals surface area contributed by atoms with E-state index in [4.69, 9.17) is 9.47 Å². The van der Waals surface area contributed by atoms with E-state index in [2.05, 4.69) is 6.92 Å². The number of carbonyl (C=O) groups excluding carboxylic acids is 1. The Morgan fingerprint density at radius 3 is 2.33 bits per heavy atom. The molecule has 0 aliphatic heterocycles. The molecule has 3 heteroatoms. The highest BCUT2D eigenvalue weighted by Gasteiger charge is 2.42. The first-order chi connectivity index (χ1) is 9.95. The first kappa shape index (κ1) is 16.0. The van der Waals surface area contributed by atoms with Gasteiger partial charge < -0.3 is 9.47 Å². The lowest BCUT2D eigenvalue weighted by Gasteiger charge is -2.37. The molecule has 0 spiro atoms. The summed E-state index contributed by atoms with van der Waals surface area (Å²) < 4.78 is 11.2. The molecule has 1 aliphatic rings. The molecule has 0 amide bonds. The molecule has 3 nitrogen and oxygen atoms in total. The van der Waals surface area contributed by atoms with Gasteiger partial charge in [0.25, 0.3) is 0 Å². The number of aryl methyl sites for hydroxylation is 1. The number of carbonyl (C=O) groups is 1. The molecule has 1 aromatic carbocycles. The number of ketones is 1. The number of rotatable bonds is 4. The van der Waals surface area contributed by atoms with E-state index in [9.17, 15) is 4.79 Å². The molecular weight excluding hydrogens is 264 g/mol. The lowest BCUT2D eigenvalue weighted by atomic mass is 9.75. The third-order valence-electron chi connectivity index (χ3n) is 5.01. The summed E-state index contributed by atoms with van der Waals surface area (Å²) in [6.07, 6.45) is 3.65. The predicted octanol–water partition coefficient (Wildman–Crippen LogP) is 4.09. The molecule has 0 bridgehead atoms. The SMILES string of the molecule is COc1c(C(=O)C2(OC)CCC(C)CC2)ccc(C)c1C. The summed E-state index contributed by atoms with van der Waals surface area (Å²) in [5.41, 5.74) is 2.13. The monoisotopic (exact) mass is 290 g/mol. The Bertz CT molecular complexity index is 526. The summed E-state index contributed by atoms with van der Waals surface area (Å²) in [6.45, 7) is 6.26. The molecular formula is C18H26O3. The van der Waals surface area contributed by atoms with Crippen LogP contribution in [0.5, 0.6) is 5.75 Å². The van der Waals surface area contributed by atoms with Crippen LogP contribution >= 0.6 is 0 Å². The Labute approximate surface area is 127 Å². The molecule has 0 unspecified atom stereocenters. The van der Waals surface area contributed by atoms with E-state index in [-0.39, 0.29) is 5.78 Å². The van der Waals surface area contributed by atoms with Gasteiger partial charge in [-0.15, -0.1) is 0 Å². The lowest BCUT2D eigenvalue weighted by Crippen LogP contribution is -2.44. The van der Waals surface area contributed by atoms with Gasteiger partial charge in [-0.05, 0) is 62.6 Å². The highest BCUT2D eigenvalue weighted by Crippen LogP contribution is 2.39. The van der Waals surface area contributed by atoms with Gasteiger partial charge in [0.05, 0.1) is 12.7 Å². The molecule has 0 aromatic heterocycles. The molecule has 0 N–H and O–H groups in total. The van der Waals surface area contributed by atoms with Crippen LogP contribution in [0.25, 0.3) is 0 Å². The maximum atomic E-state index is 13.1. The van der Waals surface area contributed by atoms with Gasteiger partial charge in [-0.2, -0.15) is 0 Å². The molecule has 1 fully saturated rings. The lowest BCUT2D eigenvalue weighted by molar-refractivity contribution is -0.0264. The standard InChI is InChI=1S/C18H26O3/c1-12-8-10-18(21-5,11-9-12)17(19)15-7-6-13(2)14(3)16(15)20-4/h6-7,12H,8-11H2,1-5H3. The van der Waals surface area contributed by atoms with Gasteiger partial charge >= 0.3 is 0 Å². The normalized spacial score (nSPS) is 25.7. The summed E-state index contributed by atoms with van der Waals surface area (Å²) in [5.74, 6) is 1.43. The second-order valence-corrected chi connectivity index (χ2v) is 6.30. The highest BCUT2D eigenvalue weighted by molar-refractivity contribution is 6.05. The first-order valence-electron chi connectivity index (χ1n) is 7.69. The predicted molar refractivity (Wildman–Crippen MR) is 84.2 cm³/mol. The van der Waals surface area contributed by atoms with Crippen molar-refractivity contribution in [3.63, 3.8) is 0 Å². The van der Waals surface area contributed by atoms with E-state index in [0.717, 1.165) is 36.8 Å². The van der Waals surface area contributed by atoms with E-state index in [1.54, 1.807) is 14.2 Å². The molecule has 21 heavy (non-hydrogen) atoms. The van der Waals surface area contributed by atoms with E-state index >= 15 is 0 Å². The molecule has 1 saturated carbocycles. The first-order valence-corrected chi connectivity index (χ1v) is 7.69. The molecule has 1 aromatic rings. The van der Waals surface area contributed by atoms with Crippen LogP contribution in [-0.2, 0) is 4.74 Å². The fourth-order valence-corrected chi connectivity index (χ4v) is 3.23. The largest absolute Gasteiger partial charge is 0.496 e. The minimum Gasteiger partial charge on any atom is -0.496 e. The van der Waals surface area contributed by atoms with Crippen LogP contribution in [0.3, 0.4) is 0 Å². The van der Waals surface area contributed by atoms with E-state index < -0.39 is 5.60 Å². The average Bonchev–Trinajstić information content (AvgIpc) is 2.50. The second kappa shape index (κ2) is 6.18. The number of Topliss-reactive ketones (excluding diaryl/α,β-unsaturated/α-hetero) is 1. The van der Waals surface area contributed by atoms with E-state index in [1.807, 2.05) is 26.0 Å². The van der Waals surface area contributed by atoms with Crippen LogP contribution in [0, 0.1) is 19.8 Å². The van der Waals surface area contributed by atoms with Crippen LogP contribution < -0.4 is 4.74 Å². The van der Waals surface area contributed by atoms with Crippen molar-refractivity contribution < 1.29 is 14.3 Å². The van der Waals surface area contributed by atoms with Crippen molar-refractivity contribution in [3.8, 4) is 5.75 Å². The topological polar surface area (TPSA) is 35.5 Å². The van der Waals surface area contributed by atoms with Crippen LogP contribution in [-0.4, -0.2) is 25.6 Å². The molecule has 0 saturated heterocycles. The van der Waals surface area contributed by atoms with Crippen molar-refractivity contribution in [1.82, 2.24) is 0 Å². The number of ether oxygens (including phenoxy) is 2. The van der Waals surface area contributed by atoms with Gasteiger partial charge in [0.15, 0.2) is 5.78 Å². The minimum atomic E-state index is -0.679. The fraction of sp³-hybridized carbons (Fsp3) is 0.611. The van der Waals surface area contributed by atoms with Crippen LogP contribution in [0.1, 0.15) is 54.1 Å². The molecule has 116 valence electrons. The van der Waals surface area contributed by atoms with Crippen LogP contribution in [0.4, 0.5) is 0 Å². The smallest absolute Gasteiger partial charge is 0.198 e. The molecule has 2 rings (SSSR count). The zero-order valence-electron chi connectivity index (χ0n) is 13.8. The molecule has 0 heterocycles. The van der Waals surface area contributed by atoms with E-state index in [1.165, 1.54) is 0 Å². The van der Waals surface area contributed by atoms with E-state index in [0.29, 0.717) is 17.2 Å². The van der Waals surface area contributed by atoms with Crippen molar-refractivity contribution in [2.75, 3.05) is 14.2 Å². The summed E-state index contributed by atoms with van der Waals surface area (Å²) in [6, 6.07) is 3.86. The van der Waals surface area contributed by atoms with Gasteiger partial charge in [0.2, 0.25) is 0 Å². The quantitative estimate of drug-likeness (QED) is 0.783. The summed E-state index contributed by atoms with van der Waals surface area (Å²) in [7, 11) is 3.28. The van der Waals surface area contributed by atoms with Gasteiger partial charge in [0.1, 0.15) is 11.4 Å². The molecule has 0 atom stereocenters. The van der Waals surface area contributed by atoms with Crippen molar-refractivity contribution in [1.29, 1.82) is 0 Å². The second-order valence-electron chi connectivity index (χ2n) is 6.30. The Kier molecular flexibility index (Phi) is 4.72. The number of hydrogen-bond acceptors (Lipinski definition) is 3. The third-order valence-corrected chi connectivity index (χ3v) is 5.01. The van der Waals surface area contributed by atoms with Crippen molar-refractivity contribution in [2.24, 2.45) is 5.92 Å². The molecule has 0 radical (unpaired) electrons. The van der Waals surface area contributed by atoms with Crippen molar-refractivity contribution >= 4 is 5.78 Å². The van der Waals surface area contributed by atoms with Crippen LogP contribution in [0.2, 0.25) is 0 Å². The highest BCUT2D eigenvalue weighted by atomic mass is 16.5. The Balaban J connectivity index is 2.41. The maximum absolute atomic E-state index is 13.1. The summed E-state index contributed by atoms with van der Waals surface area (Å²) >= 11 is 0. The van der Waals surface area contributed by atoms with Crippen LogP contribution in [0.15, 0.2) is 12.1 Å². The number of methoxy groups -OCH3 is 2. The van der Waals surface area contributed by atoms with Crippen molar-refractivity contribution in [3.05, 3.63) is 28.8 Å². The zero-order chi connectivity index (χ0) is 15.6. The number of hydrogen-bond donors (Lipinski definition) is 0. The van der Waals surface area contributed by atoms with Gasteiger partial charge in [-0.25, -0.2) is 0 Å². The Morgan fingerprint density at radius 1 is 1.19 bits per heavy atom. The third kappa shape index (κ3) is 2.84.